The van der Waals surface area contributed by atoms with Gasteiger partial charge in [0, 0.05) is 32.6 Å². The molecule has 0 spiro atoms. The summed E-state index contributed by atoms with van der Waals surface area (Å²) in [6, 6.07) is 5.55. The van der Waals surface area contributed by atoms with Gasteiger partial charge in [0.25, 0.3) is 0 Å². The zero-order chi connectivity index (χ0) is 16.9. The predicted molar refractivity (Wildman–Crippen MR) is 91.1 cm³/mol. The number of benzene rings is 1. The first kappa shape index (κ1) is 16.1. The number of carbonyl (C=O) groups is 1. The highest BCUT2D eigenvalue weighted by Gasteiger charge is 2.44. The Morgan fingerprint density at radius 2 is 1.92 bits per heavy atom. The standard InChI is InChI=1S/C18H24N2O3S/c1-13(21)19-11-16-6-3-9-20(18(16)12-19)24(22,23)17-8-7-14-4-2-5-15(14)10-17/h7-8,10,16,18H,2-6,9,11-12H2,1H3/t16-,18+/m1/s1. The van der Waals surface area contributed by atoms with Crippen molar-refractivity contribution < 1.29 is 13.2 Å². The molecular weight excluding hydrogens is 324 g/mol. The quantitative estimate of drug-likeness (QED) is 0.819. The van der Waals surface area contributed by atoms with E-state index in [1.165, 1.54) is 11.1 Å². The Morgan fingerprint density at radius 1 is 1.12 bits per heavy atom. The molecule has 130 valence electrons. The molecule has 0 bridgehead atoms. The van der Waals surface area contributed by atoms with E-state index in [0.717, 1.165) is 32.1 Å². The van der Waals surface area contributed by atoms with E-state index in [4.69, 9.17) is 0 Å². The average Bonchev–Trinajstić information content (AvgIpc) is 3.19. The lowest BCUT2D eigenvalue weighted by molar-refractivity contribution is -0.128. The molecule has 3 aliphatic rings. The van der Waals surface area contributed by atoms with Crippen LogP contribution in [-0.4, -0.2) is 49.2 Å². The van der Waals surface area contributed by atoms with Gasteiger partial charge in [0.1, 0.15) is 0 Å². The fraction of sp³-hybridized carbons (Fsp3) is 0.611. The zero-order valence-corrected chi connectivity index (χ0v) is 14.9. The Kier molecular flexibility index (Phi) is 3.92. The van der Waals surface area contributed by atoms with Crippen LogP contribution in [0.3, 0.4) is 0 Å². The van der Waals surface area contributed by atoms with E-state index in [1.807, 2.05) is 12.1 Å². The van der Waals surface area contributed by atoms with Gasteiger partial charge in [-0.1, -0.05) is 6.07 Å². The van der Waals surface area contributed by atoms with Crippen molar-refractivity contribution in [3.05, 3.63) is 29.3 Å². The number of amides is 1. The lowest BCUT2D eigenvalue weighted by atomic mass is 9.94. The number of fused-ring (bicyclic) bond motifs is 2. The molecule has 6 heteroatoms. The summed E-state index contributed by atoms with van der Waals surface area (Å²) in [4.78, 5) is 13.9. The van der Waals surface area contributed by atoms with Gasteiger partial charge in [-0.05, 0) is 61.3 Å². The maximum atomic E-state index is 13.2. The van der Waals surface area contributed by atoms with Crippen LogP contribution in [0.25, 0.3) is 0 Å². The predicted octanol–water partition coefficient (Wildman–Crippen LogP) is 1.81. The normalized spacial score (nSPS) is 27.1. The lowest BCUT2D eigenvalue weighted by Gasteiger charge is -2.35. The van der Waals surface area contributed by atoms with Crippen LogP contribution in [-0.2, 0) is 27.7 Å². The number of hydrogen-bond donors (Lipinski definition) is 0. The summed E-state index contributed by atoms with van der Waals surface area (Å²) in [5.41, 5.74) is 2.47. The monoisotopic (exact) mass is 348 g/mol. The van der Waals surface area contributed by atoms with Crippen molar-refractivity contribution in [3.8, 4) is 0 Å². The summed E-state index contributed by atoms with van der Waals surface area (Å²) < 4.78 is 28.1. The molecule has 2 atom stereocenters. The third kappa shape index (κ3) is 2.56. The highest BCUT2D eigenvalue weighted by Crippen LogP contribution is 2.35. The number of nitrogens with zero attached hydrogens (tertiary/aromatic N) is 2. The topological polar surface area (TPSA) is 57.7 Å². The molecule has 0 N–H and O–H groups in total. The first-order chi connectivity index (χ1) is 11.5. The molecule has 2 heterocycles. The minimum atomic E-state index is -3.49. The number of aryl methyl sites for hydroxylation is 2. The van der Waals surface area contributed by atoms with Gasteiger partial charge in [0.2, 0.25) is 15.9 Å². The summed E-state index contributed by atoms with van der Waals surface area (Å²) in [5.74, 6) is 0.311. The van der Waals surface area contributed by atoms with Crippen LogP contribution in [0, 0.1) is 5.92 Å². The number of sulfonamides is 1. The van der Waals surface area contributed by atoms with E-state index < -0.39 is 10.0 Å². The molecule has 1 aromatic carbocycles. The molecule has 2 aliphatic heterocycles. The molecule has 2 saturated heterocycles. The van der Waals surface area contributed by atoms with Crippen LogP contribution in [0.4, 0.5) is 0 Å². The van der Waals surface area contributed by atoms with Crippen LogP contribution >= 0.6 is 0 Å². The van der Waals surface area contributed by atoms with E-state index in [2.05, 4.69) is 0 Å². The number of hydrogen-bond acceptors (Lipinski definition) is 3. The number of carbonyl (C=O) groups excluding carboxylic acids is 1. The average molecular weight is 348 g/mol. The highest BCUT2D eigenvalue weighted by atomic mass is 32.2. The number of rotatable bonds is 2. The van der Waals surface area contributed by atoms with Gasteiger partial charge in [0.15, 0.2) is 0 Å². The van der Waals surface area contributed by atoms with Crippen LogP contribution in [0.15, 0.2) is 23.1 Å². The van der Waals surface area contributed by atoms with Crippen molar-refractivity contribution in [2.45, 2.75) is 50.0 Å². The maximum Gasteiger partial charge on any atom is 0.243 e. The lowest BCUT2D eigenvalue weighted by Crippen LogP contribution is -2.48. The molecule has 0 radical (unpaired) electrons. The molecule has 4 rings (SSSR count). The van der Waals surface area contributed by atoms with Gasteiger partial charge in [-0.2, -0.15) is 4.31 Å². The second-order valence-corrected chi connectivity index (χ2v) is 9.18. The highest BCUT2D eigenvalue weighted by molar-refractivity contribution is 7.89. The maximum absolute atomic E-state index is 13.2. The minimum Gasteiger partial charge on any atom is -0.341 e. The number of likely N-dealkylation sites (tertiary alicyclic amines) is 1. The van der Waals surface area contributed by atoms with Crippen molar-refractivity contribution in [1.82, 2.24) is 9.21 Å². The van der Waals surface area contributed by atoms with Gasteiger partial charge in [0.05, 0.1) is 4.90 Å². The van der Waals surface area contributed by atoms with Crippen molar-refractivity contribution in [2.24, 2.45) is 5.92 Å². The summed E-state index contributed by atoms with van der Waals surface area (Å²) in [7, 11) is -3.49. The third-order valence-electron chi connectivity index (χ3n) is 5.85. The fourth-order valence-electron chi connectivity index (χ4n) is 4.54. The third-order valence-corrected chi connectivity index (χ3v) is 7.77. The SMILES string of the molecule is CC(=O)N1C[C@H]2CCCN(S(=O)(=O)c3ccc4c(c3)CCC4)[C@H]2C1. The molecule has 1 amide bonds. The summed E-state index contributed by atoms with van der Waals surface area (Å²) >= 11 is 0. The first-order valence-electron chi connectivity index (χ1n) is 8.86. The van der Waals surface area contributed by atoms with Crippen LogP contribution in [0.5, 0.6) is 0 Å². The van der Waals surface area contributed by atoms with E-state index in [9.17, 15) is 13.2 Å². The van der Waals surface area contributed by atoms with Crippen molar-refractivity contribution in [3.63, 3.8) is 0 Å². The van der Waals surface area contributed by atoms with Crippen molar-refractivity contribution in [2.75, 3.05) is 19.6 Å². The van der Waals surface area contributed by atoms with E-state index in [1.54, 1.807) is 22.2 Å². The smallest absolute Gasteiger partial charge is 0.243 e. The summed E-state index contributed by atoms with van der Waals surface area (Å²) in [5, 5.41) is 0. The van der Waals surface area contributed by atoms with E-state index in [0.29, 0.717) is 24.5 Å². The Bertz CT molecular complexity index is 774. The molecule has 24 heavy (non-hydrogen) atoms. The van der Waals surface area contributed by atoms with Gasteiger partial charge < -0.3 is 4.90 Å². The summed E-state index contributed by atoms with van der Waals surface area (Å²) in [6.07, 6.45) is 5.02. The van der Waals surface area contributed by atoms with E-state index in [-0.39, 0.29) is 17.9 Å². The molecule has 1 aliphatic carbocycles. The Balaban J connectivity index is 1.65. The van der Waals surface area contributed by atoms with Crippen LogP contribution in [0.2, 0.25) is 0 Å². The minimum absolute atomic E-state index is 0.0410. The largest absolute Gasteiger partial charge is 0.341 e. The Labute approximate surface area is 143 Å². The molecule has 2 fully saturated rings. The van der Waals surface area contributed by atoms with Gasteiger partial charge in [-0.25, -0.2) is 8.42 Å². The molecule has 0 saturated carbocycles. The number of piperidine rings is 1. The zero-order valence-electron chi connectivity index (χ0n) is 14.1. The fourth-order valence-corrected chi connectivity index (χ4v) is 6.31. The Morgan fingerprint density at radius 3 is 2.71 bits per heavy atom. The van der Waals surface area contributed by atoms with Gasteiger partial charge in [-0.3, -0.25) is 4.79 Å². The van der Waals surface area contributed by atoms with Crippen molar-refractivity contribution >= 4 is 15.9 Å². The molecule has 1 aromatic rings. The molecule has 0 aromatic heterocycles. The second kappa shape index (κ2) is 5.85. The van der Waals surface area contributed by atoms with Gasteiger partial charge in [-0.15, -0.1) is 0 Å². The molecular formula is C18H24N2O3S. The van der Waals surface area contributed by atoms with Crippen LogP contribution in [0.1, 0.15) is 37.3 Å². The molecule has 0 unspecified atom stereocenters. The van der Waals surface area contributed by atoms with Crippen molar-refractivity contribution in [1.29, 1.82) is 0 Å². The van der Waals surface area contributed by atoms with Gasteiger partial charge >= 0.3 is 0 Å². The first-order valence-corrected chi connectivity index (χ1v) is 10.3. The summed E-state index contributed by atoms with van der Waals surface area (Å²) in [6.45, 7) is 3.35. The van der Waals surface area contributed by atoms with Crippen LogP contribution < -0.4 is 0 Å². The molecule has 5 nitrogen and oxygen atoms in total. The Hall–Kier alpha value is -1.40. The van der Waals surface area contributed by atoms with E-state index >= 15 is 0 Å². The second-order valence-electron chi connectivity index (χ2n) is 7.29.